The summed E-state index contributed by atoms with van der Waals surface area (Å²) in [6, 6.07) is 17.3. The summed E-state index contributed by atoms with van der Waals surface area (Å²) in [4.78, 5) is 16.4. The molecule has 0 fully saturated rings. The molecule has 1 aromatic heterocycles. The molecule has 0 radical (unpaired) electrons. The lowest BCUT2D eigenvalue weighted by Gasteiger charge is -2.06. The van der Waals surface area contributed by atoms with E-state index in [1.165, 1.54) is 12.1 Å². The zero-order valence-corrected chi connectivity index (χ0v) is 11.2. The largest absolute Gasteiger partial charge is 0.347 e. The number of nitrogens with zero attached hydrogens (tertiary/aromatic N) is 1. The van der Waals surface area contributed by atoms with Crippen molar-refractivity contribution in [2.45, 2.75) is 6.54 Å². The molecule has 104 valence electrons. The van der Waals surface area contributed by atoms with E-state index in [4.69, 9.17) is 0 Å². The Labute approximate surface area is 121 Å². The summed E-state index contributed by atoms with van der Waals surface area (Å²) in [6.45, 7) is 0.269. The van der Waals surface area contributed by atoms with Crippen molar-refractivity contribution in [2.75, 3.05) is 0 Å². The quantitative estimate of drug-likeness (QED) is 0.799. The van der Waals surface area contributed by atoms with Crippen molar-refractivity contribution in [1.82, 2.24) is 10.3 Å². The maximum Gasteiger partial charge on any atom is 0.270 e. The van der Waals surface area contributed by atoms with Gasteiger partial charge in [0.1, 0.15) is 11.5 Å². The van der Waals surface area contributed by atoms with Crippen LogP contribution in [0.1, 0.15) is 16.1 Å². The maximum atomic E-state index is 13.1. The fourth-order valence-electron chi connectivity index (χ4n) is 2.11. The lowest BCUT2D eigenvalue weighted by Crippen LogP contribution is -2.23. The molecule has 0 saturated heterocycles. The molecule has 21 heavy (non-hydrogen) atoms. The van der Waals surface area contributed by atoms with Crippen LogP contribution in [-0.2, 0) is 6.54 Å². The molecule has 1 N–H and O–H groups in total. The molecule has 1 heterocycles. The molecule has 0 aliphatic heterocycles. The Morgan fingerprint density at radius 1 is 1.05 bits per heavy atom. The van der Waals surface area contributed by atoms with E-state index in [-0.39, 0.29) is 18.3 Å². The van der Waals surface area contributed by atoms with Crippen molar-refractivity contribution in [3.63, 3.8) is 0 Å². The number of carbonyl (C=O) groups is 1. The van der Waals surface area contributed by atoms with Crippen LogP contribution < -0.4 is 5.32 Å². The van der Waals surface area contributed by atoms with Crippen LogP contribution in [0.2, 0.25) is 0 Å². The Bertz CT molecular complexity index is 801. The fourth-order valence-corrected chi connectivity index (χ4v) is 2.11. The molecule has 0 saturated carbocycles. The summed E-state index contributed by atoms with van der Waals surface area (Å²) in [7, 11) is 0. The van der Waals surface area contributed by atoms with Crippen molar-refractivity contribution in [3.05, 3.63) is 77.7 Å². The van der Waals surface area contributed by atoms with Gasteiger partial charge in [-0.15, -0.1) is 0 Å². The number of carbonyl (C=O) groups excluding carboxylic acids is 1. The maximum absolute atomic E-state index is 13.1. The molecule has 3 nitrogen and oxygen atoms in total. The normalized spacial score (nSPS) is 10.5. The third-order valence-corrected chi connectivity index (χ3v) is 3.17. The van der Waals surface area contributed by atoms with E-state index in [2.05, 4.69) is 10.3 Å². The molecule has 3 rings (SSSR count). The van der Waals surface area contributed by atoms with Crippen LogP contribution in [0.25, 0.3) is 10.9 Å². The van der Waals surface area contributed by atoms with Gasteiger partial charge in [-0.05, 0) is 29.8 Å². The summed E-state index contributed by atoms with van der Waals surface area (Å²) in [5.74, 6) is -0.587. The van der Waals surface area contributed by atoms with Gasteiger partial charge in [0, 0.05) is 11.9 Å². The number of rotatable bonds is 3. The lowest BCUT2D eigenvalue weighted by molar-refractivity contribution is 0.0946. The van der Waals surface area contributed by atoms with Gasteiger partial charge in [0.15, 0.2) is 0 Å². The second kappa shape index (κ2) is 5.71. The molecule has 0 aliphatic rings. The van der Waals surface area contributed by atoms with E-state index >= 15 is 0 Å². The number of halogens is 1. The van der Waals surface area contributed by atoms with Crippen LogP contribution >= 0.6 is 0 Å². The van der Waals surface area contributed by atoms with Gasteiger partial charge in [0.2, 0.25) is 0 Å². The predicted molar refractivity (Wildman–Crippen MR) is 79.3 cm³/mol. The van der Waals surface area contributed by atoms with Crippen LogP contribution in [-0.4, -0.2) is 10.9 Å². The predicted octanol–water partition coefficient (Wildman–Crippen LogP) is 3.30. The number of benzene rings is 2. The number of para-hydroxylation sites is 1. The highest BCUT2D eigenvalue weighted by atomic mass is 19.1. The standard InChI is InChI=1S/C17H13FN2O/c18-14-6-3-4-12(10-14)11-19-17(21)16-9-8-13-5-1-2-7-15(13)20-16/h1-10H,11H2,(H,19,21). The average molecular weight is 280 g/mol. The summed E-state index contributed by atoms with van der Waals surface area (Å²) in [5, 5.41) is 3.72. The zero-order valence-electron chi connectivity index (χ0n) is 11.2. The van der Waals surface area contributed by atoms with Gasteiger partial charge in [-0.1, -0.05) is 36.4 Å². The minimum atomic E-state index is -0.314. The molecule has 0 aliphatic carbocycles. The number of hydrogen-bond donors (Lipinski definition) is 1. The molecular formula is C17H13FN2O. The van der Waals surface area contributed by atoms with Crippen LogP contribution in [0, 0.1) is 5.82 Å². The monoisotopic (exact) mass is 280 g/mol. The number of nitrogens with one attached hydrogen (secondary N) is 1. The van der Waals surface area contributed by atoms with Crippen LogP contribution in [0.15, 0.2) is 60.7 Å². The highest BCUT2D eigenvalue weighted by Gasteiger charge is 2.07. The van der Waals surface area contributed by atoms with Gasteiger partial charge in [-0.2, -0.15) is 0 Å². The summed E-state index contributed by atoms with van der Waals surface area (Å²) >= 11 is 0. The summed E-state index contributed by atoms with van der Waals surface area (Å²) < 4.78 is 13.1. The molecular weight excluding hydrogens is 267 g/mol. The van der Waals surface area contributed by atoms with E-state index in [0.29, 0.717) is 11.3 Å². The second-order valence-corrected chi connectivity index (χ2v) is 4.70. The van der Waals surface area contributed by atoms with Crippen molar-refractivity contribution >= 4 is 16.8 Å². The Hall–Kier alpha value is -2.75. The van der Waals surface area contributed by atoms with Crippen molar-refractivity contribution < 1.29 is 9.18 Å². The molecule has 0 unspecified atom stereocenters. The van der Waals surface area contributed by atoms with Crippen LogP contribution in [0.4, 0.5) is 4.39 Å². The lowest BCUT2D eigenvalue weighted by atomic mass is 10.2. The van der Waals surface area contributed by atoms with E-state index in [0.717, 1.165) is 10.9 Å². The Balaban J connectivity index is 1.74. The van der Waals surface area contributed by atoms with Crippen LogP contribution in [0.3, 0.4) is 0 Å². The third-order valence-electron chi connectivity index (χ3n) is 3.17. The molecule has 2 aromatic carbocycles. The number of amides is 1. The minimum absolute atomic E-state index is 0.269. The fraction of sp³-hybridized carbons (Fsp3) is 0.0588. The zero-order chi connectivity index (χ0) is 14.7. The van der Waals surface area contributed by atoms with Gasteiger partial charge in [-0.3, -0.25) is 4.79 Å². The Kier molecular flexibility index (Phi) is 3.60. The Morgan fingerprint density at radius 2 is 1.90 bits per heavy atom. The highest BCUT2D eigenvalue weighted by Crippen LogP contribution is 2.12. The van der Waals surface area contributed by atoms with Crippen molar-refractivity contribution in [3.8, 4) is 0 Å². The Morgan fingerprint density at radius 3 is 2.76 bits per heavy atom. The number of pyridine rings is 1. The molecule has 0 spiro atoms. The smallest absolute Gasteiger partial charge is 0.270 e. The van der Waals surface area contributed by atoms with Crippen molar-refractivity contribution in [2.24, 2.45) is 0 Å². The number of aromatic nitrogens is 1. The third kappa shape index (κ3) is 3.05. The minimum Gasteiger partial charge on any atom is -0.347 e. The van der Waals surface area contributed by atoms with Gasteiger partial charge in [-0.25, -0.2) is 9.37 Å². The summed E-state index contributed by atoms with van der Waals surface area (Å²) in [6.07, 6.45) is 0. The first-order chi connectivity index (χ1) is 10.2. The molecule has 1 amide bonds. The molecule has 3 aromatic rings. The highest BCUT2D eigenvalue weighted by molar-refractivity contribution is 5.94. The number of fused-ring (bicyclic) bond motifs is 1. The van der Waals surface area contributed by atoms with Gasteiger partial charge in [0.25, 0.3) is 5.91 Å². The first-order valence-electron chi connectivity index (χ1n) is 6.61. The van der Waals surface area contributed by atoms with E-state index in [1.807, 2.05) is 30.3 Å². The number of hydrogen-bond acceptors (Lipinski definition) is 2. The molecule has 0 bridgehead atoms. The van der Waals surface area contributed by atoms with Gasteiger partial charge in [0.05, 0.1) is 5.52 Å². The SMILES string of the molecule is O=C(NCc1cccc(F)c1)c1ccc2ccccc2n1. The van der Waals surface area contributed by atoms with E-state index in [9.17, 15) is 9.18 Å². The average Bonchev–Trinajstić information content (AvgIpc) is 2.52. The summed E-state index contributed by atoms with van der Waals surface area (Å²) in [5.41, 5.74) is 1.84. The first-order valence-corrected chi connectivity index (χ1v) is 6.61. The van der Waals surface area contributed by atoms with E-state index < -0.39 is 0 Å². The second-order valence-electron chi connectivity index (χ2n) is 4.70. The van der Waals surface area contributed by atoms with Gasteiger partial charge >= 0.3 is 0 Å². The first kappa shape index (κ1) is 13.2. The van der Waals surface area contributed by atoms with Crippen LogP contribution in [0.5, 0.6) is 0 Å². The molecule has 0 atom stereocenters. The van der Waals surface area contributed by atoms with Crippen molar-refractivity contribution in [1.29, 1.82) is 0 Å². The van der Waals surface area contributed by atoms with Gasteiger partial charge < -0.3 is 5.32 Å². The topological polar surface area (TPSA) is 42.0 Å². The molecule has 4 heteroatoms. The van der Waals surface area contributed by atoms with E-state index in [1.54, 1.807) is 18.2 Å².